The van der Waals surface area contributed by atoms with Gasteiger partial charge in [0.1, 0.15) is 6.10 Å². The maximum Gasteiger partial charge on any atom is 0.109 e. The zero-order chi connectivity index (χ0) is 13.7. The first kappa shape index (κ1) is 11.4. The third-order valence-electron chi connectivity index (χ3n) is 3.92. The van der Waals surface area contributed by atoms with E-state index in [4.69, 9.17) is 0 Å². The number of hydrogen-bond acceptors (Lipinski definition) is 2. The van der Waals surface area contributed by atoms with Gasteiger partial charge in [0.15, 0.2) is 0 Å². The minimum Gasteiger partial charge on any atom is -0.383 e. The molecule has 0 radical (unpaired) electrons. The third kappa shape index (κ3) is 1.41. The molecule has 3 nitrogen and oxygen atoms in total. The first-order chi connectivity index (χ1) is 9.77. The van der Waals surface area contributed by atoms with Crippen molar-refractivity contribution in [1.82, 2.24) is 9.78 Å². The van der Waals surface area contributed by atoms with Gasteiger partial charge in [0.05, 0.1) is 11.4 Å². The van der Waals surface area contributed by atoms with Crippen LogP contribution >= 0.6 is 0 Å². The quantitative estimate of drug-likeness (QED) is 0.731. The normalized spacial score (nSPS) is 16.0. The molecule has 98 valence electrons. The standard InChI is InChI=1S/C17H14N2O/c1-19-16-12-9-5-6-10-13(12)17(20)14(16)15(18-19)11-7-3-2-4-8-11/h2-10,17,20H,1H3. The van der Waals surface area contributed by atoms with Gasteiger partial charge in [0.25, 0.3) is 0 Å². The zero-order valence-corrected chi connectivity index (χ0v) is 11.1. The predicted molar refractivity (Wildman–Crippen MR) is 78.1 cm³/mol. The van der Waals surface area contributed by atoms with Gasteiger partial charge >= 0.3 is 0 Å². The minimum atomic E-state index is -0.592. The molecule has 0 saturated carbocycles. The highest BCUT2D eigenvalue weighted by Crippen LogP contribution is 2.47. The first-order valence-corrected chi connectivity index (χ1v) is 6.67. The number of aliphatic hydroxyl groups excluding tert-OH is 1. The van der Waals surface area contributed by atoms with E-state index in [1.165, 1.54) is 0 Å². The molecule has 4 rings (SSSR count). The molecular formula is C17H14N2O. The first-order valence-electron chi connectivity index (χ1n) is 6.67. The number of aryl methyl sites for hydroxylation is 1. The van der Waals surface area contributed by atoms with Gasteiger partial charge in [-0.3, -0.25) is 4.68 Å². The molecule has 20 heavy (non-hydrogen) atoms. The number of hydrogen-bond donors (Lipinski definition) is 1. The fourth-order valence-electron chi connectivity index (χ4n) is 3.03. The molecule has 1 N–H and O–H groups in total. The minimum absolute atomic E-state index is 0.592. The van der Waals surface area contributed by atoms with Gasteiger partial charge in [0.2, 0.25) is 0 Å². The second kappa shape index (κ2) is 4.05. The summed E-state index contributed by atoms with van der Waals surface area (Å²) in [7, 11) is 1.93. The number of rotatable bonds is 1. The summed E-state index contributed by atoms with van der Waals surface area (Å²) in [4.78, 5) is 0. The molecule has 1 aliphatic rings. The fourth-order valence-corrected chi connectivity index (χ4v) is 3.03. The van der Waals surface area contributed by atoms with Crippen LogP contribution in [0, 0.1) is 0 Å². The summed E-state index contributed by atoms with van der Waals surface area (Å²) in [6, 6.07) is 18.0. The maximum atomic E-state index is 10.6. The number of nitrogens with zero attached hydrogens (tertiary/aromatic N) is 2. The zero-order valence-electron chi connectivity index (χ0n) is 11.1. The summed E-state index contributed by atoms with van der Waals surface area (Å²) in [6.07, 6.45) is -0.592. The Bertz CT molecular complexity index is 790. The van der Waals surface area contributed by atoms with Crippen molar-refractivity contribution in [2.45, 2.75) is 6.10 Å². The molecule has 1 aromatic heterocycles. The lowest BCUT2D eigenvalue weighted by molar-refractivity contribution is 0.225. The van der Waals surface area contributed by atoms with Crippen LogP contribution in [0.15, 0.2) is 54.6 Å². The summed E-state index contributed by atoms with van der Waals surface area (Å²) in [5.74, 6) is 0. The maximum absolute atomic E-state index is 10.6. The van der Waals surface area contributed by atoms with Crippen LogP contribution in [0.3, 0.4) is 0 Å². The molecule has 0 fully saturated rings. The van der Waals surface area contributed by atoms with Crippen LogP contribution < -0.4 is 0 Å². The highest BCUT2D eigenvalue weighted by molar-refractivity contribution is 5.82. The van der Waals surface area contributed by atoms with Crippen molar-refractivity contribution in [1.29, 1.82) is 0 Å². The number of fused-ring (bicyclic) bond motifs is 3. The number of aromatic nitrogens is 2. The molecule has 1 unspecified atom stereocenters. The van der Waals surface area contributed by atoms with E-state index < -0.39 is 6.10 Å². The Morgan fingerprint density at radius 3 is 2.50 bits per heavy atom. The lowest BCUT2D eigenvalue weighted by Gasteiger charge is -2.07. The van der Waals surface area contributed by atoms with Crippen LogP contribution in [0.4, 0.5) is 0 Å². The largest absolute Gasteiger partial charge is 0.383 e. The molecule has 0 saturated heterocycles. The average Bonchev–Trinajstić information content (AvgIpc) is 2.98. The van der Waals surface area contributed by atoms with Gasteiger partial charge in [-0.1, -0.05) is 54.6 Å². The van der Waals surface area contributed by atoms with E-state index in [1.54, 1.807) is 0 Å². The molecule has 1 atom stereocenters. The van der Waals surface area contributed by atoms with E-state index in [9.17, 15) is 5.11 Å². The van der Waals surface area contributed by atoms with Crippen molar-refractivity contribution < 1.29 is 5.11 Å². The fraction of sp³-hybridized carbons (Fsp3) is 0.118. The van der Waals surface area contributed by atoms with Gasteiger partial charge in [0, 0.05) is 23.7 Å². The lowest BCUT2D eigenvalue weighted by atomic mass is 10.0. The Morgan fingerprint density at radius 2 is 1.70 bits per heavy atom. The summed E-state index contributed by atoms with van der Waals surface area (Å²) >= 11 is 0. The van der Waals surface area contributed by atoms with Gasteiger partial charge in [-0.05, 0) is 5.56 Å². The van der Waals surface area contributed by atoms with Gasteiger partial charge in [-0.2, -0.15) is 5.10 Å². The highest BCUT2D eigenvalue weighted by atomic mass is 16.3. The predicted octanol–water partition coefficient (Wildman–Crippen LogP) is 3.15. The van der Waals surface area contributed by atoms with Crippen LogP contribution in [-0.4, -0.2) is 14.9 Å². The molecule has 0 spiro atoms. The second-order valence-electron chi connectivity index (χ2n) is 5.09. The molecule has 0 bridgehead atoms. The Labute approximate surface area is 117 Å². The third-order valence-corrected chi connectivity index (χ3v) is 3.92. The van der Waals surface area contributed by atoms with Crippen molar-refractivity contribution in [3.63, 3.8) is 0 Å². The number of benzene rings is 2. The van der Waals surface area contributed by atoms with Gasteiger partial charge in [-0.15, -0.1) is 0 Å². The Kier molecular flexibility index (Phi) is 2.32. The summed E-state index contributed by atoms with van der Waals surface area (Å²) < 4.78 is 1.87. The van der Waals surface area contributed by atoms with Gasteiger partial charge in [-0.25, -0.2) is 0 Å². The van der Waals surface area contributed by atoms with Crippen molar-refractivity contribution in [3.05, 3.63) is 65.7 Å². The topological polar surface area (TPSA) is 38.0 Å². The van der Waals surface area contributed by atoms with Crippen LogP contribution in [0.2, 0.25) is 0 Å². The molecule has 3 heteroatoms. The number of aliphatic hydroxyl groups is 1. The second-order valence-corrected chi connectivity index (χ2v) is 5.09. The van der Waals surface area contributed by atoms with E-state index in [-0.39, 0.29) is 0 Å². The molecule has 1 heterocycles. The summed E-state index contributed by atoms with van der Waals surface area (Å²) in [5.41, 5.74) is 5.88. The van der Waals surface area contributed by atoms with Crippen molar-refractivity contribution in [3.8, 4) is 22.5 Å². The van der Waals surface area contributed by atoms with Crippen LogP contribution in [0.1, 0.15) is 17.2 Å². The smallest absolute Gasteiger partial charge is 0.109 e. The van der Waals surface area contributed by atoms with Crippen LogP contribution in [0.25, 0.3) is 22.5 Å². The average molecular weight is 262 g/mol. The molecular weight excluding hydrogens is 248 g/mol. The SMILES string of the molecule is Cn1nc(-c2ccccc2)c2c1-c1ccccc1C2O. The Morgan fingerprint density at radius 1 is 1.00 bits per heavy atom. The van der Waals surface area contributed by atoms with Gasteiger partial charge < -0.3 is 5.11 Å². The van der Waals surface area contributed by atoms with E-state index in [0.29, 0.717) is 0 Å². The lowest BCUT2D eigenvalue weighted by Crippen LogP contribution is -1.97. The van der Waals surface area contributed by atoms with E-state index in [1.807, 2.05) is 66.3 Å². The van der Waals surface area contributed by atoms with Crippen molar-refractivity contribution >= 4 is 0 Å². The van der Waals surface area contributed by atoms with Crippen LogP contribution in [0.5, 0.6) is 0 Å². The summed E-state index contributed by atoms with van der Waals surface area (Å²) in [5, 5.41) is 15.2. The summed E-state index contributed by atoms with van der Waals surface area (Å²) in [6.45, 7) is 0. The molecule has 0 aliphatic heterocycles. The molecule has 3 aromatic rings. The molecule has 1 aliphatic carbocycles. The highest BCUT2D eigenvalue weighted by Gasteiger charge is 2.33. The Hall–Kier alpha value is -2.39. The molecule has 2 aromatic carbocycles. The van der Waals surface area contributed by atoms with E-state index in [0.717, 1.165) is 33.6 Å². The Balaban J connectivity index is 2.01. The monoisotopic (exact) mass is 262 g/mol. The van der Waals surface area contributed by atoms with E-state index in [2.05, 4.69) is 5.10 Å². The van der Waals surface area contributed by atoms with Crippen molar-refractivity contribution in [2.75, 3.05) is 0 Å². The van der Waals surface area contributed by atoms with Crippen molar-refractivity contribution in [2.24, 2.45) is 7.05 Å². The van der Waals surface area contributed by atoms with E-state index >= 15 is 0 Å². The van der Waals surface area contributed by atoms with Crippen LogP contribution in [-0.2, 0) is 7.05 Å². The molecule has 0 amide bonds.